The molecule has 0 aliphatic carbocycles. The number of carboxylic acids is 1. The first-order valence-corrected chi connectivity index (χ1v) is 5.80. The van der Waals surface area contributed by atoms with Crippen LogP contribution in [0, 0.1) is 0 Å². The highest BCUT2D eigenvalue weighted by Crippen LogP contribution is 2.23. The zero-order chi connectivity index (χ0) is 13.3. The van der Waals surface area contributed by atoms with Crippen LogP contribution in [0.3, 0.4) is 0 Å². The van der Waals surface area contributed by atoms with Crippen LogP contribution in [0.5, 0.6) is 5.75 Å². The van der Waals surface area contributed by atoms with Crippen molar-refractivity contribution in [2.45, 2.75) is 6.54 Å². The molecule has 2 rings (SSSR count). The molecule has 0 saturated heterocycles. The van der Waals surface area contributed by atoms with Gasteiger partial charge in [-0.1, -0.05) is 15.9 Å². The number of carboxylic acid groups (broad SMARTS) is 1. The molecular formula is C11H10BrN3O3. The highest BCUT2D eigenvalue weighted by Gasteiger charge is 2.14. The minimum atomic E-state index is -1.13. The van der Waals surface area contributed by atoms with E-state index in [0.29, 0.717) is 5.56 Å². The number of hydrogen-bond acceptors (Lipinski definition) is 4. The summed E-state index contributed by atoms with van der Waals surface area (Å²) in [5.41, 5.74) is 6.21. The summed E-state index contributed by atoms with van der Waals surface area (Å²) >= 11 is 3.29. The lowest BCUT2D eigenvalue weighted by Gasteiger charge is -2.07. The van der Waals surface area contributed by atoms with Crippen molar-refractivity contribution < 1.29 is 15.0 Å². The largest absolute Gasteiger partial charge is 0.508 e. The average Bonchev–Trinajstić information content (AvgIpc) is 2.66. The smallest absolute Gasteiger partial charge is 0.341 e. The summed E-state index contributed by atoms with van der Waals surface area (Å²) in [6.45, 7) is 0.199. The van der Waals surface area contributed by atoms with Crippen LogP contribution in [0.25, 0.3) is 0 Å². The number of nitrogen functional groups attached to an aromatic ring is 1. The van der Waals surface area contributed by atoms with Gasteiger partial charge in [0.2, 0.25) is 0 Å². The normalized spacial score (nSPS) is 10.5. The van der Waals surface area contributed by atoms with Crippen LogP contribution in [-0.2, 0) is 6.54 Å². The highest BCUT2D eigenvalue weighted by molar-refractivity contribution is 9.10. The van der Waals surface area contributed by atoms with Crippen molar-refractivity contribution >= 4 is 27.7 Å². The number of anilines is 1. The van der Waals surface area contributed by atoms with E-state index in [4.69, 9.17) is 10.8 Å². The van der Waals surface area contributed by atoms with Crippen LogP contribution < -0.4 is 5.73 Å². The summed E-state index contributed by atoms with van der Waals surface area (Å²) in [5.74, 6) is -0.968. The summed E-state index contributed by atoms with van der Waals surface area (Å²) in [7, 11) is 0. The van der Waals surface area contributed by atoms with Crippen LogP contribution in [0.4, 0.5) is 5.82 Å². The standard InChI is InChI=1S/C11H10BrN3O3/c12-7-1-2-9(16)6(3-7)5-15-10(13)8(4-14-15)11(17)18/h1-4,16H,5,13H2,(H,17,18). The number of aromatic carboxylic acids is 1. The molecule has 0 bridgehead atoms. The molecule has 0 unspecified atom stereocenters. The lowest BCUT2D eigenvalue weighted by atomic mass is 10.2. The first-order valence-electron chi connectivity index (χ1n) is 5.01. The van der Waals surface area contributed by atoms with E-state index in [1.54, 1.807) is 12.1 Å². The minimum absolute atomic E-state index is 0.0514. The fourth-order valence-electron chi connectivity index (χ4n) is 1.53. The van der Waals surface area contributed by atoms with E-state index in [1.807, 2.05) is 0 Å². The number of nitrogens with zero attached hydrogens (tertiary/aromatic N) is 2. The van der Waals surface area contributed by atoms with E-state index in [9.17, 15) is 9.90 Å². The Bertz CT molecular complexity index is 610. The average molecular weight is 312 g/mol. The summed E-state index contributed by atoms with van der Waals surface area (Å²) in [4.78, 5) is 10.8. The van der Waals surface area contributed by atoms with Gasteiger partial charge in [-0.05, 0) is 18.2 Å². The molecule has 7 heteroatoms. The maximum absolute atomic E-state index is 10.8. The molecule has 0 fully saturated rings. The van der Waals surface area contributed by atoms with Gasteiger partial charge in [-0.2, -0.15) is 5.10 Å². The van der Waals surface area contributed by atoms with Crippen molar-refractivity contribution in [2.75, 3.05) is 5.73 Å². The Morgan fingerprint density at radius 3 is 2.83 bits per heavy atom. The molecule has 94 valence electrons. The van der Waals surface area contributed by atoms with Gasteiger partial charge in [0.05, 0.1) is 12.7 Å². The quantitative estimate of drug-likeness (QED) is 0.800. The van der Waals surface area contributed by atoms with Crippen LogP contribution >= 0.6 is 15.9 Å². The zero-order valence-electron chi connectivity index (χ0n) is 9.17. The van der Waals surface area contributed by atoms with Gasteiger partial charge >= 0.3 is 5.97 Å². The Labute approximate surface area is 111 Å². The number of aromatic nitrogens is 2. The van der Waals surface area contributed by atoms with Gasteiger partial charge in [-0.15, -0.1) is 0 Å². The van der Waals surface area contributed by atoms with Gasteiger partial charge in [0.25, 0.3) is 0 Å². The molecule has 0 aliphatic rings. The predicted molar refractivity (Wildman–Crippen MR) is 68.5 cm³/mol. The van der Waals surface area contributed by atoms with Crippen LogP contribution in [-0.4, -0.2) is 26.0 Å². The Morgan fingerprint density at radius 1 is 1.50 bits per heavy atom. The Hall–Kier alpha value is -2.02. The third kappa shape index (κ3) is 2.30. The van der Waals surface area contributed by atoms with Crippen LogP contribution in [0.1, 0.15) is 15.9 Å². The van der Waals surface area contributed by atoms with Crippen LogP contribution in [0.15, 0.2) is 28.9 Å². The number of benzene rings is 1. The SMILES string of the molecule is Nc1c(C(=O)O)cnn1Cc1cc(Br)ccc1O. The molecule has 1 aromatic carbocycles. The summed E-state index contributed by atoms with van der Waals surface area (Å²) in [6, 6.07) is 4.96. The summed E-state index contributed by atoms with van der Waals surface area (Å²) < 4.78 is 2.13. The third-order valence-corrected chi connectivity index (χ3v) is 2.97. The van der Waals surface area contributed by atoms with Crippen molar-refractivity contribution in [1.82, 2.24) is 9.78 Å². The van der Waals surface area contributed by atoms with Gasteiger partial charge in [-0.25, -0.2) is 9.48 Å². The Kier molecular flexibility index (Phi) is 3.24. The molecule has 0 atom stereocenters. The number of hydrogen-bond donors (Lipinski definition) is 3. The fourth-order valence-corrected chi connectivity index (χ4v) is 1.94. The highest BCUT2D eigenvalue weighted by atomic mass is 79.9. The van der Waals surface area contributed by atoms with E-state index in [1.165, 1.54) is 16.9 Å². The van der Waals surface area contributed by atoms with E-state index < -0.39 is 5.97 Å². The van der Waals surface area contributed by atoms with Crippen molar-refractivity contribution in [3.63, 3.8) is 0 Å². The third-order valence-electron chi connectivity index (χ3n) is 2.47. The molecular weight excluding hydrogens is 302 g/mol. The lowest BCUT2D eigenvalue weighted by molar-refractivity contribution is 0.0698. The molecule has 0 saturated carbocycles. The van der Waals surface area contributed by atoms with E-state index in [0.717, 1.165) is 4.47 Å². The maximum Gasteiger partial charge on any atom is 0.341 e. The molecule has 0 aliphatic heterocycles. The second-order valence-corrected chi connectivity index (χ2v) is 4.59. The number of carbonyl (C=O) groups is 1. The Balaban J connectivity index is 2.34. The van der Waals surface area contributed by atoms with Gasteiger partial charge in [0, 0.05) is 10.0 Å². The molecule has 0 radical (unpaired) electrons. The second-order valence-electron chi connectivity index (χ2n) is 3.68. The molecule has 1 heterocycles. The molecule has 4 N–H and O–H groups in total. The van der Waals surface area contributed by atoms with Crippen molar-refractivity contribution in [3.05, 3.63) is 40.0 Å². The van der Waals surface area contributed by atoms with E-state index >= 15 is 0 Å². The first-order chi connectivity index (χ1) is 8.49. The minimum Gasteiger partial charge on any atom is -0.508 e. The second kappa shape index (κ2) is 4.69. The van der Waals surface area contributed by atoms with Gasteiger partial charge in [0.15, 0.2) is 0 Å². The molecule has 18 heavy (non-hydrogen) atoms. The molecule has 6 nitrogen and oxygen atoms in total. The van der Waals surface area contributed by atoms with E-state index in [2.05, 4.69) is 21.0 Å². The molecule has 1 aromatic heterocycles. The first kappa shape index (κ1) is 12.4. The molecule has 0 spiro atoms. The maximum atomic E-state index is 10.8. The zero-order valence-corrected chi connectivity index (χ0v) is 10.8. The van der Waals surface area contributed by atoms with Crippen molar-refractivity contribution in [1.29, 1.82) is 0 Å². The fraction of sp³-hybridized carbons (Fsp3) is 0.0909. The number of halogens is 1. The van der Waals surface area contributed by atoms with Gasteiger partial charge in [0.1, 0.15) is 17.1 Å². The van der Waals surface area contributed by atoms with Crippen molar-refractivity contribution in [2.24, 2.45) is 0 Å². The van der Waals surface area contributed by atoms with Gasteiger partial charge in [-0.3, -0.25) is 0 Å². The molecule has 0 amide bonds. The van der Waals surface area contributed by atoms with E-state index in [-0.39, 0.29) is 23.7 Å². The summed E-state index contributed by atoms with van der Waals surface area (Å²) in [5, 5.41) is 22.4. The molecule has 2 aromatic rings. The number of rotatable bonds is 3. The number of aromatic hydroxyl groups is 1. The monoisotopic (exact) mass is 311 g/mol. The Morgan fingerprint density at radius 2 is 2.22 bits per heavy atom. The summed E-state index contributed by atoms with van der Waals surface area (Å²) in [6.07, 6.45) is 1.19. The van der Waals surface area contributed by atoms with Crippen molar-refractivity contribution in [3.8, 4) is 5.75 Å². The predicted octanol–water partition coefficient (Wildman–Crippen LogP) is 1.68. The number of phenols is 1. The van der Waals surface area contributed by atoms with Gasteiger partial charge < -0.3 is 15.9 Å². The van der Waals surface area contributed by atoms with Crippen LogP contribution in [0.2, 0.25) is 0 Å². The lowest BCUT2D eigenvalue weighted by Crippen LogP contribution is -2.08. The topological polar surface area (TPSA) is 101 Å². The number of nitrogens with two attached hydrogens (primary N) is 1. The number of phenolic OH excluding ortho intramolecular Hbond substituents is 1.